The van der Waals surface area contributed by atoms with Crippen LogP contribution in [0.15, 0.2) is 36.4 Å². The van der Waals surface area contributed by atoms with E-state index in [4.69, 9.17) is 25.2 Å². The molecule has 0 atom stereocenters. The molecule has 1 aromatic heterocycles. The third-order valence-corrected chi connectivity index (χ3v) is 6.89. The second-order valence-corrected chi connectivity index (χ2v) is 9.68. The molecule has 0 radical (unpaired) electrons. The Bertz CT molecular complexity index is 1330. The van der Waals surface area contributed by atoms with Gasteiger partial charge in [0.1, 0.15) is 5.75 Å². The number of ether oxygens (including phenoxy) is 2. The Labute approximate surface area is 216 Å². The van der Waals surface area contributed by atoms with Crippen molar-refractivity contribution in [1.29, 1.82) is 5.26 Å². The monoisotopic (exact) mass is 498 g/mol. The number of nitriles is 1. The molecule has 0 spiro atoms. The lowest BCUT2D eigenvalue weighted by Gasteiger charge is -2.32. The molecule has 2 aliphatic heterocycles. The van der Waals surface area contributed by atoms with Gasteiger partial charge in [0.2, 0.25) is 17.7 Å². The van der Waals surface area contributed by atoms with Gasteiger partial charge in [-0.15, -0.1) is 0 Å². The number of anilines is 1. The number of carbonyl (C=O) groups excluding carboxylic acids is 1. The summed E-state index contributed by atoms with van der Waals surface area (Å²) in [7, 11) is 0. The molecule has 2 aliphatic rings. The lowest BCUT2D eigenvalue weighted by molar-refractivity contribution is 0.1000. The van der Waals surface area contributed by atoms with Crippen molar-refractivity contribution in [3.8, 4) is 17.7 Å². The molecular weight excluding hydrogens is 468 g/mol. The minimum Gasteiger partial charge on any atom is -0.438 e. The third kappa shape index (κ3) is 5.56. The zero-order valence-electron chi connectivity index (χ0n) is 21.1. The Morgan fingerprint density at radius 3 is 2.51 bits per heavy atom. The Hall–Kier alpha value is -4.00. The van der Waals surface area contributed by atoms with E-state index in [9.17, 15) is 10.1 Å². The fourth-order valence-corrected chi connectivity index (χ4v) is 4.89. The number of nitrogens with zero attached hydrogens (tertiary/aromatic N) is 4. The average Bonchev–Trinajstić information content (AvgIpc) is 3.36. The van der Waals surface area contributed by atoms with E-state index < -0.39 is 5.91 Å². The van der Waals surface area contributed by atoms with Crippen LogP contribution >= 0.6 is 0 Å². The van der Waals surface area contributed by atoms with Crippen LogP contribution in [0.3, 0.4) is 0 Å². The second kappa shape index (κ2) is 10.5. The molecule has 0 unspecified atom stereocenters. The van der Waals surface area contributed by atoms with Gasteiger partial charge in [-0.2, -0.15) is 10.2 Å². The van der Waals surface area contributed by atoms with Crippen LogP contribution in [-0.4, -0.2) is 39.9 Å². The lowest BCUT2D eigenvalue weighted by Crippen LogP contribution is -2.39. The van der Waals surface area contributed by atoms with Gasteiger partial charge in [0.15, 0.2) is 0 Å². The molecule has 1 saturated heterocycles. The highest BCUT2D eigenvalue weighted by Crippen LogP contribution is 2.35. The maximum atomic E-state index is 11.3. The van der Waals surface area contributed by atoms with Crippen molar-refractivity contribution in [3.63, 3.8) is 0 Å². The minimum absolute atomic E-state index is 0.250. The second-order valence-electron chi connectivity index (χ2n) is 9.68. The average molecular weight is 499 g/mol. The number of nitrogens with two attached hydrogens (primary N) is 1. The van der Waals surface area contributed by atoms with E-state index in [1.165, 1.54) is 0 Å². The number of benzene rings is 2. The fourth-order valence-electron chi connectivity index (χ4n) is 4.89. The molecule has 5 rings (SSSR count). The topological polar surface area (TPSA) is 126 Å². The predicted octanol–water partition coefficient (Wildman–Crippen LogP) is 3.96. The summed E-state index contributed by atoms with van der Waals surface area (Å²) in [6, 6.07) is 13.6. The molecule has 0 saturated carbocycles. The van der Waals surface area contributed by atoms with Crippen molar-refractivity contribution in [2.24, 2.45) is 5.73 Å². The third-order valence-electron chi connectivity index (χ3n) is 6.89. The molecule has 37 heavy (non-hydrogen) atoms. The summed E-state index contributed by atoms with van der Waals surface area (Å²) in [6.45, 7) is 7.42. The summed E-state index contributed by atoms with van der Waals surface area (Å²) >= 11 is 0. The van der Waals surface area contributed by atoms with Crippen LogP contribution in [0.5, 0.6) is 11.6 Å². The van der Waals surface area contributed by atoms with Crippen LogP contribution in [0.1, 0.15) is 56.7 Å². The molecule has 0 aliphatic carbocycles. The van der Waals surface area contributed by atoms with Gasteiger partial charge >= 0.3 is 0 Å². The number of rotatable bonds is 7. The summed E-state index contributed by atoms with van der Waals surface area (Å²) < 4.78 is 11.9. The fraction of sp³-hybridized carbons (Fsp3) is 0.357. The minimum atomic E-state index is -0.408. The van der Waals surface area contributed by atoms with Gasteiger partial charge in [0.05, 0.1) is 36.1 Å². The first-order valence-electron chi connectivity index (χ1n) is 12.4. The Morgan fingerprint density at radius 2 is 1.86 bits per heavy atom. The van der Waals surface area contributed by atoms with Gasteiger partial charge in [-0.3, -0.25) is 9.69 Å². The van der Waals surface area contributed by atoms with E-state index >= 15 is 0 Å². The number of likely N-dealkylation sites (tertiary alicyclic amines) is 1. The van der Waals surface area contributed by atoms with Crippen LogP contribution in [0.2, 0.25) is 0 Å². The number of hydrogen-bond acceptors (Lipinski definition) is 8. The van der Waals surface area contributed by atoms with E-state index in [-0.39, 0.29) is 6.04 Å². The highest BCUT2D eigenvalue weighted by molar-refractivity contribution is 5.92. The molecule has 3 heterocycles. The summed E-state index contributed by atoms with van der Waals surface area (Å²) in [5.74, 6) is 1.34. The maximum absolute atomic E-state index is 11.3. The smallest absolute Gasteiger partial charge is 0.248 e. The SMILES string of the molecule is Cc1cc(C#N)cc(C)c1Oc1nc(NC2CCN(Cc3ccc(C(N)=O)cc3)CC2)nc2c1COC2. The normalized spacial score (nSPS) is 15.7. The Kier molecular flexibility index (Phi) is 7.04. The number of carbonyl (C=O) groups is 1. The largest absolute Gasteiger partial charge is 0.438 e. The molecule has 2 aromatic carbocycles. The van der Waals surface area contributed by atoms with Crippen LogP contribution in [0, 0.1) is 25.2 Å². The quantitative estimate of drug-likeness (QED) is 0.501. The number of piperidine rings is 1. The molecule has 190 valence electrons. The Morgan fingerprint density at radius 1 is 1.16 bits per heavy atom. The molecule has 0 bridgehead atoms. The van der Waals surface area contributed by atoms with Crippen molar-refractivity contribution in [2.75, 3.05) is 18.4 Å². The zero-order chi connectivity index (χ0) is 25.9. The highest BCUT2D eigenvalue weighted by Gasteiger charge is 2.25. The Balaban J connectivity index is 1.25. The van der Waals surface area contributed by atoms with Gasteiger partial charge in [-0.25, -0.2) is 4.98 Å². The predicted molar refractivity (Wildman–Crippen MR) is 138 cm³/mol. The van der Waals surface area contributed by atoms with Crippen molar-refractivity contribution < 1.29 is 14.3 Å². The van der Waals surface area contributed by atoms with E-state index in [1.807, 2.05) is 38.1 Å². The van der Waals surface area contributed by atoms with Gasteiger partial charge in [0, 0.05) is 31.2 Å². The van der Waals surface area contributed by atoms with Gasteiger partial charge < -0.3 is 20.5 Å². The van der Waals surface area contributed by atoms with E-state index in [1.54, 1.807) is 12.1 Å². The number of primary amides is 1. The summed E-state index contributed by atoms with van der Waals surface area (Å²) in [5.41, 5.74) is 11.1. The summed E-state index contributed by atoms with van der Waals surface area (Å²) in [6.07, 6.45) is 1.92. The van der Waals surface area contributed by atoms with Crippen LogP contribution < -0.4 is 15.8 Å². The van der Waals surface area contributed by atoms with E-state index in [0.717, 1.165) is 60.4 Å². The molecular formula is C28H30N6O3. The summed E-state index contributed by atoms with van der Waals surface area (Å²) in [5, 5.41) is 12.8. The number of aromatic nitrogens is 2. The molecule has 3 N–H and O–H groups in total. The van der Waals surface area contributed by atoms with Gasteiger partial charge in [-0.05, 0) is 67.6 Å². The highest BCUT2D eigenvalue weighted by atomic mass is 16.5. The first kappa shape index (κ1) is 24.7. The molecule has 3 aromatic rings. The molecule has 9 heteroatoms. The lowest BCUT2D eigenvalue weighted by atomic mass is 10.0. The van der Waals surface area contributed by atoms with Crippen LogP contribution in [0.25, 0.3) is 0 Å². The van der Waals surface area contributed by atoms with E-state index in [2.05, 4.69) is 16.3 Å². The van der Waals surface area contributed by atoms with E-state index in [0.29, 0.717) is 41.9 Å². The number of nitrogens with one attached hydrogen (secondary N) is 1. The number of hydrogen-bond donors (Lipinski definition) is 2. The molecule has 1 amide bonds. The number of amides is 1. The summed E-state index contributed by atoms with van der Waals surface area (Å²) in [4.78, 5) is 23.1. The van der Waals surface area contributed by atoms with Crippen molar-refractivity contribution >= 4 is 11.9 Å². The van der Waals surface area contributed by atoms with Gasteiger partial charge in [0.25, 0.3) is 0 Å². The van der Waals surface area contributed by atoms with Crippen molar-refractivity contribution in [1.82, 2.24) is 14.9 Å². The first-order valence-corrected chi connectivity index (χ1v) is 12.4. The first-order chi connectivity index (χ1) is 17.9. The maximum Gasteiger partial charge on any atom is 0.248 e. The van der Waals surface area contributed by atoms with Crippen LogP contribution in [-0.2, 0) is 24.5 Å². The number of aryl methyl sites for hydroxylation is 2. The van der Waals surface area contributed by atoms with Crippen molar-refractivity contribution in [3.05, 3.63) is 75.5 Å². The molecule has 9 nitrogen and oxygen atoms in total. The van der Waals surface area contributed by atoms with Crippen molar-refractivity contribution in [2.45, 2.75) is 52.5 Å². The number of fused-ring (bicyclic) bond motifs is 1. The van der Waals surface area contributed by atoms with Gasteiger partial charge in [-0.1, -0.05) is 12.1 Å². The molecule has 1 fully saturated rings. The van der Waals surface area contributed by atoms with Crippen LogP contribution in [0.4, 0.5) is 5.95 Å². The standard InChI is InChI=1S/C28H30N6O3/c1-17-11-20(13-29)12-18(2)25(17)37-27-23-15-36-16-24(23)32-28(33-27)31-22-7-9-34(10-8-22)14-19-3-5-21(6-4-19)26(30)35/h3-6,11-12,22H,7-10,14-16H2,1-2H3,(H2,30,35)(H,31,32,33). The zero-order valence-corrected chi connectivity index (χ0v) is 21.1.